The molecule has 0 heterocycles. The molecule has 0 spiro atoms. The third-order valence-electron chi connectivity index (χ3n) is 5.68. The molecule has 1 aliphatic carbocycles. The summed E-state index contributed by atoms with van der Waals surface area (Å²) in [5, 5.41) is 12.9. The van der Waals surface area contributed by atoms with E-state index in [1.165, 1.54) is 0 Å². The molecule has 3 aromatic rings. The van der Waals surface area contributed by atoms with Crippen molar-refractivity contribution >= 4 is 35.3 Å². The van der Waals surface area contributed by atoms with Gasteiger partial charge in [0.1, 0.15) is 12.6 Å². The van der Waals surface area contributed by atoms with Crippen LogP contribution in [0.25, 0.3) is 11.1 Å². The summed E-state index contributed by atoms with van der Waals surface area (Å²) in [5.74, 6) is -1.25. The van der Waals surface area contributed by atoms with Crippen molar-refractivity contribution in [1.82, 2.24) is 5.32 Å². The standard InChI is InChI=1S/C25H21Cl2NO4/c26-21-10-5-11-22(27)19(21)12-13-23(24(29)30)28-25(31)32-14-20-17-8-3-1-6-15(17)16-7-2-4-9-18(16)20/h1-11,20,23H,12-14H2,(H,28,31)(H,29,30)/t23-/m0/s1. The van der Waals surface area contributed by atoms with Crippen LogP contribution in [0.15, 0.2) is 66.7 Å². The molecular formula is C25H21Cl2NO4. The number of nitrogens with one attached hydrogen (secondary N) is 1. The Morgan fingerprint density at radius 1 is 0.906 bits per heavy atom. The molecule has 0 saturated carbocycles. The Morgan fingerprint density at radius 3 is 2.03 bits per heavy atom. The minimum atomic E-state index is -1.15. The van der Waals surface area contributed by atoms with Crippen LogP contribution in [0, 0.1) is 0 Å². The van der Waals surface area contributed by atoms with Crippen molar-refractivity contribution in [2.24, 2.45) is 0 Å². The molecule has 4 rings (SSSR count). The van der Waals surface area contributed by atoms with Crippen LogP contribution in [0.2, 0.25) is 10.0 Å². The topological polar surface area (TPSA) is 75.6 Å². The van der Waals surface area contributed by atoms with Gasteiger partial charge in [-0.3, -0.25) is 0 Å². The van der Waals surface area contributed by atoms with Gasteiger partial charge < -0.3 is 15.2 Å². The van der Waals surface area contributed by atoms with E-state index in [0.29, 0.717) is 22.0 Å². The van der Waals surface area contributed by atoms with Crippen molar-refractivity contribution in [2.45, 2.75) is 24.8 Å². The Bertz CT molecular complexity index is 1100. The summed E-state index contributed by atoms with van der Waals surface area (Å²) in [6, 6.07) is 20.0. The number of halogens is 2. The molecule has 3 aromatic carbocycles. The van der Waals surface area contributed by atoms with Crippen LogP contribution in [0.5, 0.6) is 0 Å². The van der Waals surface area contributed by atoms with Gasteiger partial charge in [0.25, 0.3) is 0 Å². The van der Waals surface area contributed by atoms with Crippen LogP contribution < -0.4 is 5.32 Å². The molecule has 0 saturated heterocycles. The fourth-order valence-corrected chi connectivity index (χ4v) is 4.69. The molecule has 0 bridgehead atoms. The highest BCUT2D eigenvalue weighted by atomic mass is 35.5. The summed E-state index contributed by atoms with van der Waals surface area (Å²) in [6.07, 6.45) is -0.341. The second-order valence-corrected chi connectivity index (χ2v) is 8.41. The number of ether oxygens (including phenoxy) is 1. The fourth-order valence-electron chi connectivity index (χ4n) is 4.10. The van der Waals surface area contributed by atoms with E-state index in [1.807, 2.05) is 36.4 Å². The number of carbonyl (C=O) groups excluding carboxylic acids is 1. The quantitative estimate of drug-likeness (QED) is 0.450. The molecule has 2 N–H and O–H groups in total. The molecule has 5 nitrogen and oxygen atoms in total. The van der Waals surface area contributed by atoms with E-state index in [2.05, 4.69) is 17.4 Å². The zero-order valence-corrected chi connectivity index (χ0v) is 18.6. The van der Waals surface area contributed by atoms with Gasteiger partial charge in [0.2, 0.25) is 0 Å². The van der Waals surface area contributed by atoms with Gasteiger partial charge in [0, 0.05) is 16.0 Å². The largest absolute Gasteiger partial charge is 0.480 e. The number of carboxylic acid groups (broad SMARTS) is 1. The monoisotopic (exact) mass is 469 g/mol. The molecular weight excluding hydrogens is 449 g/mol. The van der Waals surface area contributed by atoms with Crippen LogP contribution in [-0.4, -0.2) is 29.8 Å². The molecule has 0 radical (unpaired) electrons. The highest BCUT2D eigenvalue weighted by Gasteiger charge is 2.29. The normalized spacial score (nSPS) is 13.2. The Hall–Kier alpha value is -3.02. The lowest BCUT2D eigenvalue weighted by molar-refractivity contribution is -0.139. The lowest BCUT2D eigenvalue weighted by Crippen LogP contribution is -2.41. The summed E-state index contributed by atoms with van der Waals surface area (Å²) in [5.41, 5.74) is 5.07. The van der Waals surface area contributed by atoms with Crippen LogP contribution in [0.1, 0.15) is 29.0 Å². The molecule has 0 aliphatic heterocycles. The number of hydrogen-bond acceptors (Lipinski definition) is 3. The first-order chi connectivity index (χ1) is 15.5. The van der Waals surface area contributed by atoms with Gasteiger partial charge in [-0.25, -0.2) is 9.59 Å². The highest BCUT2D eigenvalue weighted by molar-refractivity contribution is 6.36. The van der Waals surface area contributed by atoms with Gasteiger partial charge in [-0.15, -0.1) is 0 Å². The average Bonchev–Trinajstić information content (AvgIpc) is 3.10. The Kier molecular flexibility index (Phi) is 6.68. The maximum Gasteiger partial charge on any atom is 0.407 e. The van der Waals surface area contributed by atoms with Crippen molar-refractivity contribution in [3.05, 3.63) is 93.5 Å². The van der Waals surface area contributed by atoms with E-state index in [-0.39, 0.29) is 18.9 Å². The summed E-state index contributed by atoms with van der Waals surface area (Å²) in [7, 11) is 0. The summed E-state index contributed by atoms with van der Waals surface area (Å²) in [4.78, 5) is 24.1. The van der Waals surface area contributed by atoms with Crippen molar-refractivity contribution in [2.75, 3.05) is 6.61 Å². The molecule has 7 heteroatoms. The van der Waals surface area contributed by atoms with Crippen LogP contribution in [0.3, 0.4) is 0 Å². The van der Waals surface area contributed by atoms with E-state index in [4.69, 9.17) is 27.9 Å². The lowest BCUT2D eigenvalue weighted by Gasteiger charge is -2.18. The van der Waals surface area contributed by atoms with Crippen LogP contribution >= 0.6 is 23.2 Å². The van der Waals surface area contributed by atoms with Gasteiger partial charge >= 0.3 is 12.1 Å². The first kappa shape index (κ1) is 22.2. The third kappa shape index (κ3) is 4.59. The van der Waals surface area contributed by atoms with Gasteiger partial charge in [-0.1, -0.05) is 77.8 Å². The molecule has 0 fully saturated rings. The number of alkyl carbamates (subject to hydrolysis) is 1. The van der Waals surface area contributed by atoms with E-state index in [9.17, 15) is 14.7 Å². The molecule has 32 heavy (non-hydrogen) atoms. The van der Waals surface area contributed by atoms with E-state index >= 15 is 0 Å². The SMILES string of the molecule is O=C(N[C@@H](CCc1c(Cl)cccc1Cl)C(=O)O)OCC1c2ccccc2-c2ccccc21. The molecule has 1 aliphatic rings. The molecule has 0 aromatic heterocycles. The highest BCUT2D eigenvalue weighted by Crippen LogP contribution is 2.44. The van der Waals surface area contributed by atoms with Gasteiger partial charge in [-0.2, -0.15) is 0 Å². The second kappa shape index (κ2) is 9.63. The third-order valence-corrected chi connectivity index (χ3v) is 6.39. The van der Waals surface area contributed by atoms with Gasteiger partial charge in [0.15, 0.2) is 0 Å². The number of carbonyl (C=O) groups is 2. The zero-order valence-electron chi connectivity index (χ0n) is 17.1. The average molecular weight is 470 g/mol. The van der Waals surface area contributed by atoms with E-state index in [1.54, 1.807) is 18.2 Å². The van der Waals surface area contributed by atoms with Crippen LogP contribution in [-0.2, 0) is 16.0 Å². The lowest BCUT2D eigenvalue weighted by atomic mass is 9.98. The molecule has 1 atom stereocenters. The predicted molar refractivity (Wildman–Crippen MR) is 124 cm³/mol. The van der Waals surface area contributed by atoms with Crippen molar-refractivity contribution in [3.8, 4) is 11.1 Å². The first-order valence-corrected chi connectivity index (χ1v) is 11.0. The predicted octanol–water partition coefficient (Wildman–Crippen LogP) is 5.92. The number of aliphatic carboxylic acids is 1. The first-order valence-electron chi connectivity index (χ1n) is 10.2. The molecule has 164 valence electrons. The van der Waals surface area contributed by atoms with Crippen LogP contribution in [0.4, 0.5) is 4.79 Å². The van der Waals surface area contributed by atoms with Crippen molar-refractivity contribution in [1.29, 1.82) is 0 Å². The number of amides is 1. The van der Waals surface area contributed by atoms with Crippen molar-refractivity contribution in [3.63, 3.8) is 0 Å². The Labute approximate surface area is 195 Å². The minimum absolute atomic E-state index is 0.0987. The Balaban J connectivity index is 1.40. The number of carboxylic acids is 1. The maximum atomic E-state index is 12.4. The second-order valence-electron chi connectivity index (χ2n) is 7.60. The maximum absolute atomic E-state index is 12.4. The van der Waals surface area contributed by atoms with E-state index in [0.717, 1.165) is 22.3 Å². The van der Waals surface area contributed by atoms with Crippen molar-refractivity contribution < 1.29 is 19.4 Å². The summed E-state index contributed by atoms with van der Waals surface area (Å²) < 4.78 is 5.45. The minimum Gasteiger partial charge on any atom is -0.480 e. The number of fused-ring (bicyclic) bond motifs is 3. The summed E-state index contributed by atoms with van der Waals surface area (Å²) in [6.45, 7) is 0.114. The molecule has 1 amide bonds. The zero-order chi connectivity index (χ0) is 22.7. The van der Waals surface area contributed by atoms with E-state index < -0.39 is 18.1 Å². The summed E-state index contributed by atoms with van der Waals surface area (Å²) >= 11 is 12.3. The van der Waals surface area contributed by atoms with Gasteiger partial charge in [0.05, 0.1) is 0 Å². The smallest absolute Gasteiger partial charge is 0.407 e. The number of rotatable bonds is 7. The number of hydrogen-bond donors (Lipinski definition) is 2. The number of benzene rings is 3. The fraction of sp³-hybridized carbons (Fsp3) is 0.200. The molecule has 0 unspecified atom stereocenters. The van der Waals surface area contributed by atoms with Gasteiger partial charge in [-0.05, 0) is 52.8 Å². The Morgan fingerprint density at radius 2 is 1.47 bits per heavy atom.